The molecule has 0 aliphatic carbocycles. The van der Waals surface area contributed by atoms with E-state index in [0.717, 1.165) is 21.3 Å². The fourth-order valence-corrected chi connectivity index (χ4v) is 2.77. The van der Waals surface area contributed by atoms with Crippen LogP contribution in [0.1, 0.15) is 11.3 Å². The first-order valence-electron chi connectivity index (χ1n) is 6.53. The monoisotopic (exact) mass is 295 g/mol. The van der Waals surface area contributed by atoms with Gasteiger partial charge in [-0.05, 0) is 23.2 Å². The summed E-state index contributed by atoms with van der Waals surface area (Å²) in [6.07, 6.45) is 1.85. The average Bonchev–Trinajstić information content (AvgIpc) is 2.92. The fourth-order valence-electron chi connectivity index (χ4n) is 1.98. The molecular formula is C16H13N3OS. The van der Waals surface area contributed by atoms with Gasteiger partial charge in [0.2, 0.25) is 5.91 Å². The summed E-state index contributed by atoms with van der Waals surface area (Å²) in [7, 11) is 0. The van der Waals surface area contributed by atoms with Crippen molar-refractivity contribution in [3.05, 3.63) is 65.9 Å². The molecule has 1 aromatic heterocycles. The van der Waals surface area contributed by atoms with Gasteiger partial charge < -0.3 is 0 Å². The summed E-state index contributed by atoms with van der Waals surface area (Å²) >= 11 is 1.41. The van der Waals surface area contributed by atoms with Crippen molar-refractivity contribution in [2.45, 2.75) is 6.42 Å². The number of benzene rings is 2. The van der Waals surface area contributed by atoms with Gasteiger partial charge in [-0.2, -0.15) is 9.47 Å². The van der Waals surface area contributed by atoms with Crippen molar-refractivity contribution in [1.82, 2.24) is 9.80 Å². The normalized spacial score (nSPS) is 11.0. The second-order valence-electron chi connectivity index (χ2n) is 4.51. The van der Waals surface area contributed by atoms with Crippen LogP contribution in [0, 0.1) is 0 Å². The van der Waals surface area contributed by atoms with E-state index in [1.54, 1.807) is 6.21 Å². The molecule has 0 saturated carbocycles. The fraction of sp³-hybridized carbons (Fsp3) is 0.0625. The molecule has 0 atom stereocenters. The first-order valence-corrected chi connectivity index (χ1v) is 7.30. The summed E-state index contributed by atoms with van der Waals surface area (Å²) in [4.78, 5) is 11.9. The van der Waals surface area contributed by atoms with Gasteiger partial charge >= 0.3 is 0 Å². The molecule has 104 valence electrons. The van der Waals surface area contributed by atoms with Gasteiger partial charge in [0, 0.05) is 5.39 Å². The van der Waals surface area contributed by atoms with E-state index in [0.29, 0.717) is 0 Å². The SMILES string of the molecule is O=C(Cc1nsc2ccccc12)N/N=C/c1ccccc1. The van der Waals surface area contributed by atoms with Crippen LogP contribution in [0.4, 0.5) is 0 Å². The van der Waals surface area contributed by atoms with Gasteiger partial charge in [0.05, 0.1) is 23.0 Å². The Morgan fingerprint density at radius 3 is 2.76 bits per heavy atom. The molecule has 0 aliphatic heterocycles. The second kappa shape index (κ2) is 6.28. The third-order valence-corrected chi connectivity index (χ3v) is 3.85. The Morgan fingerprint density at radius 2 is 1.90 bits per heavy atom. The van der Waals surface area contributed by atoms with E-state index < -0.39 is 0 Å². The molecule has 1 N–H and O–H groups in total. The maximum atomic E-state index is 11.9. The Labute approximate surface area is 126 Å². The zero-order valence-electron chi connectivity index (χ0n) is 11.2. The summed E-state index contributed by atoms with van der Waals surface area (Å²) in [5.41, 5.74) is 4.27. The molecule has 5 heteroatoms. The lowest BCUT2D eigenvalue weighted by atomic mass is 10.2. The number of fused-ring (bicyclic) bond motifs is 1. The molecule has 0 bridgehead atoms. The molecule has 21 heavy (non-hydrogen) atoms. The number of rotatable bonds is 4. The van der Waals surface area contributed by atoms with Crippen LogP contribution in [0.3, 0.4) is 0 Å². The second-order valence-corrected chi connectivity index (χ2v) is 5.31. The highest BCUT2D eigenvalue weighted by Gasteiger charge is 2.09. The van der Waals surface area contributed by atoms with Crippen molar-refractivity contribution in [1.29, 1.82) is 0 Å². The minimum atomic E-state index is -0.168. The van der Waals surface area contributed by atoms with Gasteiger partial charge in [-0.1, -0.05) is 48.5 Å². The number of carbonyl (C=O) groups excluding carboxylic acids is 1. The van der Waals surface area contributed by atoms with Crippen LogP contribution in [0.25, 0.3) is 10.1 Å². The van der Waals surface area contributed by atoms with Crippen LogP contribution in [0.15, 0.2) is 59.7 Å². The molecule has 0 saturated heterocycles. The molecule has 0 aliphatic rings. The predicted octanol–water partition coefficient (Wildman–Crippen LogP) is 2.99. The maximum Gasteiger partial charge on any atom is 0.246 e. The van der Waals surface area contributed by atoms with Crippen LogP contribution in [-0.2, 0) is 11.2 Å². The molecule has 0 fully saturated rings. The van der Waals surface area contributed by atoms with Gasteiger partial charge in [-0.25, -0.2) is 5.43 Å². The molecule has 2 aromatic carbocycles. The number of aromatic nitrogens is 1. The molecule has 1 heterocycles. The third-order valence-electron chi connectivity index (χ3n) is 2.98. The van der Waals surface area contributed by atoms with E-state index in [-0.39, 0.29) is 12.3 Å². The van der Waals surface area contributed by atoms with Gasteiger partial charge in [0.25, 0.3) is 0 Å². The van der Waals surface area contributed by atoms with Crippen LogP contribution in [0.2, 0.25) is 0 Å². The molecule has 0 radical (unpaired) electrons. The number of hydrogen-bond donors (Lipinski definition) is 1. The highest BCUT2D eigenvalue weighted by molar-refractivity contribution is 7.13. The molecule has 1 amide bonds. The number of nitrogens with one attached hydrogen (secondary N) is 1. The average molecular weight is 295 g/mol. The predicted molar refractivity (Wildman–Crippen MR) is 85.5 cm³/mol. The Kier molecular flexibility index (Phi) is 4.02. The molecule has 3 aromatic rings. The lowest BCUT2D eigenvalue weighted by molar-refractivity contribution is -0.120. The number of nitrogens with zero attached hydrogens (tertiary/aromatic N) is 2. The van der Waals surface area contributed by atoms with Crippen molar-refractivity contribution in [3.8, 4) is 0 Å². The van der Waals surface area contributed by atoms with Crippen LogP contribution in [-0.4, -0.2) is 16.5 Å². The first-order chi connectivity index (χ1) is 10.3. The van der Waals surface area contributed by atoms with E-state index in [2.05, 4.69) is 14.9 Å². The van der Waals surface area contributed by atoms with E-state index in [1.165, 1.54) is 11.5 Å². The maximum absolute atomic E-state index is 11.9. The molecule has 3 rings (SSSR count). The van der Waals surface area contributed by atoms with E-state index in [1.807, 2.05) is 54.6 Å². The standard InChI is InChI=1S/C16H13N3OS/c20-16(18-17-11-12-6-2-1-3-7-12)10-14-13-8-4-5-9-15(13)21-19-14/h1-9,11H,10H2,(H,18,20)/b17-11+. The molecule has 0 spiro atoms. The van der Waals surface area contributed by atoms with Gasteiger partial charge in [-0.15, -0.1) is 0 Å². The number of hydrazone groups is 1. The number of carbonyl (C=O) groups is 1. The van der Waals surface area contributed by atoms with E-state index >= 15 is 0 Å². The van der Waals surface area contributed by atoms with Crippen LogP contribution >= 0.6 is 11.5 Å². The lowest BCUT2D eigenvalue weighted by Crippen LogP contribution is -2.20. The van der Waals surface area contributed by atoms with Crippen molar-refractivity contribution < 1.29 is 4.79 Å². The Hall–Kier alpha value is -2.53. The highest BCUT2D eigenvalue weighted by atomic mass is 32.1. The topological polar surface area (TPSA) is 54.4 Å². The zero-order valence-corrected chi connectivity index (χ0v) is 12.0. The molecule has 4 nitrogen and oxygen atoms in total. The molecular weight excluding hydrogens is 282 g/mol. The number of amides is 1. The van der Waals surface area contributed by atoms with Gasteiger partial charge in [0.1, 0.15) is 0 Å². The summed E-state index contributed by atoms with van der Waals surface area (Å²) in [5, 5.41) is 4.99. The lowest BCUT2D eigenvalue weighted by Gasteiger charge is -1.98. The van der Waals surface area contributed by atoms with Crippen molar-refractivity contribution in [3.63, 3.8) is 0 Å². The zero-order chi connectivity index (χ0) is 14.5. The molecule has 0 unspecified atom stereocenters. The highest BCUT2D eigenvalue weighted by Crippen LogP contribution is 2.22. The smallest absolute Gasteiger partial charge is 0.246 e. The third kappa shape index (κ3) is 3.32. The Morgan fingerprint density at radius 1 is 1.14 bits per heavy atom. The number of hydrogen-bond acceptors (Lipinski definition) is 4. The first kappa shape index (κ1) is 13.5. The van der Waals surface area contributed by atoms with Crippen molar-refractivity contribution >= 4 is 33.7 Å². The van der Waals surface area contributed by atoms with Crippen molar-refractivity contribution in [2.75, 3.05) is 0 Å². The minimum Gasteiger partial charge on any atom is -0.273 e. The quantitative estimate of drug-likeness (QED) is 0.594. The Bertz CT molecular complexity index is 780. The van der Waals surface area contributed by atoms with Crippen LogP contribution < -0.4 is 5.43 Å². The van der Waals surface area contributed by atoms with E-state index in [4.69, 9.17) is 0 Å². The summed E-state index contributed by atoms with van der Waals surface area (Å²) < 4.78 is 5.42. The minimum absolute atomic E-state index is 0.168. The van der Waals surface area contributed by atoms with E-state index in [9.17, 15) is 4.79 Å². The summed E-state index contributed by atoms with van der Waals surface area (Å²) in [6, 6.07) is 17.5. The largest absolute Gasteiger partial charge is 0.273 e. The summed E-state index contributed by atoms with van der Waals surface area (Å²) in [5.74, 6) is -0.168. The van der Waals surface area contributed by atoms with Gasteiger partial charge in [0.15, 0.2) is 0 Å². The Balaban J connectivity index is 1.63. The van der Waals surface area contributed by atoms with Gasteiger partial charge in [-0.3, -0.25) is 4.79 Å². The van der Waals surface area contributed by atoms with Crippen LogP contribution in [0.5, 0.6) is 0 Å². The van der Waals surface area contributed by atoms with Crippen molar-refractivity contribution in [2.24, 2.45) is 5.10 Å². The summed E-state index contributed by atoms with van der Waals surface area (Å²) in [6.45, 7) is 0.